The van der Waals surface area contributed by atoms with Crippen LogP contribution in [0.25, 0.3) is 22.3 Å². The monoisotopic (exact) mass is 635 g/mol. The Balaban J connectivity index is 1.49. The SMILES string of the molecule is CC[C@@]1(OC(=O)[C@H](C)NC(=O)OC(C)(C)C)C(=O)OCc2c1cc1n(c2=O)Cc2cc3cc(OC(=O)OC(C)(C)C)ccc3nc2-1. The van der Waals surface area contributed by atoms with Gasteiger partial charge in [0.2, 0.25) is 5.60 Å². The molecule has 0 bridgehead atoms. The summed E-state index contributed by atoms with van der Waals surface area (Å²) in [5.41, 5.74) is -1.21. The van der Waals surface area contributed by atoms with Gasteiger partial charge in [-0.25, -0.2) is 24.2 Å². The van der Waals surface area contributed by atoms with Crippen LogP contribution < -0.4 is 15.6 Å². The molecule has 2 aromatic heterocycles. The molecule has 46 heavy (non-hydrogen) atoms. The number of nitrogens with zero attached hydrogens (tertiary/aromatic N) is 2. The lowest BCUT2D eigenvalue weighted by Crippen LogP contribution is -2.51. The van der Waals surface area contributed by atoms with Gasteiger partial charge in [-0.1, -0.05) is 6.92 Å². The van der Waals surface area contributed by atoms with Crippen LogP contribution in [0.3, 0.4) is 0 Å². The van der Waals surface area contributed by atoms with Crippen molar-refractivity contribution in [3.8, 4) is 17.1 Å². The quantitative estimate of drug-likeness (QED) is 0.181. The molecule has 2 aliphatic heterocycles. The molecule has 5 rings (SSSR count). The molecule has 1 aromatic carbocycles. The highest BCUT2D eigenvalue weighted by molar-refractivity contribution is 5.90. The number of hydrogen-bond acceptors (Lipinski definition) is 11. The number of benzene rings is 1. The van der Waals surface area contributed by atoms with E-state index in [4.69, 9.17) is 28.7 Å². The third-order valence-corrected chi connectivity index (χ3v) is 7.40. The van der Waals surface area contributed by atoms with Gasteiger partial charge in [0.05, 0.1) is 29.0 Å². The second kappa shape index (κ2) is 11.5. The average molecular weight is 636 g/mol. The number of cyclic esters (lactones) is 1. The van der Waals surface area contributed by atoms with Crippen LogP contribution in [0.5, 0.6) is 5.75 Å². The highest BCUT2D eigenvalue weighted by Crippen LogP contribution is 2.41. The first-order valence-electron chi connectivity index (χ1n) is 14.9. The van der Waals surface area contributed by atoms with Crippen LogP contribution >= 0.6 is 0 Å². The molecular weight excluding hydrogens is 598 g/mol. The Labute approximate surface area is 265 Å². The van der Waals surface area contributed by atoms with Crippen LogP contribution in [0.15, 0.2) is 35.1 Å². The molecule has 0 fully saturated rings. The summed E-state index contributed by atoms with van der Waals surface area (Å²) in [6.45, 7) is 13.2. The zero-order valence-corrected chi connectivity index (χ0v) is 27.1. The van der Waals surface area contributed by atoms with Crippen LogP contribution in [0.1, 0.15) is 78.5 Å². The molecule has 2 aliphatic rings. The van der Waals surface area contributed by atoms with Crippen LogP contribution in [-0.2, 0) is 47.3 Å². The number of hydrogen-bond donors (Lipinski definition) is 1. The van der Waals surface area contributed by atoms with E-state index in [0.717, 1.165) is 5.56 Å². The van der Waals surface area contributed by atoms with Crippen LogP contribution in [0.2, 0.25) is 0 Å². The predicted molar refractivity (Wildman–Crippen MR) is 164 cm³/mol. The number of esters is 2. The van der Waals surface area contributed by atoms with Crippen molar-refractivity contribution in [2.24, 2.45) is 0 Å². The molecule has 0 unspecified atom stereocenters. The minimum atomic E-state index is -1.93. The normalized spacial score (nSPS) is 17.6. The van der Waals surface area contributed by atoms with Crippen LogP contribution in [0.4, 0.5) is 9.59 Å². The van der Waals surface area contributed by atoms with Crippen molar-refractivity contribution >= 4 is 35.1 Å². The molecule has 13 heteroatoms. The molecule has 0 saturated heterocycles. The van der Waals surface area contributed by atoms with E-state index in [-0.39, 0.29) is 36.4 Å². The second-order valence-electron chi connectivity index (χ2n) is 13.3. The molecule has 0 radical (unpaired) electrons. The Morgan fingerprint density at radius 1 is 1.04 bits per heavy atom. The Morgan fingerprint density at radius 2 is 1.74 bits per heavy atom. The first kappa shape index (κ1) is 32.5. The Kier molecular flexibility index (Phi) is 8.08. The van der Waals surface area contributed by atoms with E-state index in [2.05, 4.69) is 5.32 Å². The fourth-order valence-corrected chi connectivity index (χ4v) is 5.36. The molecule has 0 spiro atoms. The second-order valence-corrected chi connectivity index (χ2v) is 13.3. The first-order chi connectivity index (χ1) is 21.4. The van der Waals surface area contributed by atoms with Crippen molar-refractivity contribution in [2.45, 2.75) is 97.8 Å². The van der Waals surface area contributed by atoms with E-state index in [9.17, 15) is 24.0 Å². The standard InChI is InChI=1S/C33H37N3O10/c1-9-33(44-27(38)17(2)34-29(40)45-31(3,4)5)22-14-24-25-19(15-36(24)26(37)21(22)16-42-28(33)39)12-18-13-20(10-11-23(18)35-25)43-30(41)46-32(6,7)8/h10-14,17H,9,15-16H2,1-8H3,(H,34,40)/t17-,33-/m0/s1. The van der Waals surface area contributed by atoms with Crippen molar-refractivity contribution in [3.63, 3.8) is 0 Å². The lowest BCUT2D eigenvalue weighted by atomic mass is 9.85. The zero-order valence-electron chi connectivity index (χ0n) is 27.1. The highest BCUT2D eigenvalue weighted by atomic mass is 16.7. The van der Waals surface area contributed by atoms with E-state index in [1.54, 1.807) is 72.7 Å². The molecule has 4 heterocycles. The average Bonchev–Trinajstić information content (AvgIpc) is 3.29. The van der Waals surface area contributed by atoms with E-state index in [0.29, 0.717) is 22.3 Å². The summed E-state index contributed by atoms with van der Waals surface area (Å²) in [4.78, 5) is 69.6. The molecule has 2 atom stereocenters. The Hall–Kier alpha value is -4.94. The maximum absolute atomic E-state index is 13.8. The summed E-state index contributed by atoms with van der Waals surface area (Å²) in [5.74, 6) is -1.47. The van der Waals surface area contributed by atoms with Gasteiger partial charge in [-0.15, -0.1) is 0 Å². The lowest BCUT2D eigenvalue weighted by molar-refractivity contribution is -0.190. The third-order valence-electron chi connectivity index (χ3n) is 7.40. The van der Waals surface area contributed by atoms with Gasteiger partial charge in [0.15, 0.2) is 0 Å². The van der Waals surface area contributed by atoms with E-state index >= 15 is 0 Å². The van der Waals surface area contributed by atoms with Crippen LogP contribution in [0, 0.1) is 0 Å². The molecule has 1 N–H and O–H groups in total. The summed E-state index contributed by atoms with van der Waals surface area (Å²) in [6, 6.07) is 7.25. The summed E-state index contributed by atoms with van der Waals surface area (Å²) in [5, 5.41) is 3.09. The number of amides is 1. The number of nitrogens with one attached hydrogen (secondary N) is 1. The van der Waals surface area contributed by atoms with E-state index < -0.39 is 52.6 Å². The number of carbonyl (C=O) groups excluding carboxylic acids is 4. The van der Waals surface area contributed by atoms with Crippen molar-refractivity contribution in [3.05, 3.63) is 57.4 Å². The molecule has 3 aromatic rings. The predicted octanol–water partition coefficient (Wildman–Crippen LogP) is 4.86. The van der Waals surface area contributed by atoms with Crippen LogP contribution in [-0.4, -0.2) is 51.0 Å². The minimum absolute atomic E-state index is 0.0367. The van der Waals surface area contributed by atoms with E-state index in [1.165, 1.54) is 11.5 Å². The largest absolute Gasteiger partial charge is 0.514 e. The summed E-state index contributed by atoms with van der Waals surface area (Å²) < 4.78 is 28.5. The zero-order chi connectivity index (χ0) is 33.8. The fourth-order valence-electron chi connectivity index (χ4n) is 5.36. The maximum Gasteiger partial charge on any atom is 0.514 e. The van der Waals surface area contributed by atoms with E-state index in [1.807, 2.05) is 6.07 Å². The molecule has 0 aliphatic carbocycles. The van der Waals surface area contributed by atoms with Crippen molar-refractivity contribution < 1.29 is 42.9 Å². The smallest absolute Gasteiger partial charge is 0.457 e. The van der Waals surface area contributed by atoms with Gasteiger partial charge in [0, 0.05) is 16.5 Å². The Morgan fingerprint density at radius 3 is 2.39 bits per heavy atom. The summed E-state index contributed by atoms with van der Waals surface area (Å²) in [7, 11) is 0. The molecule has 244 valence electrons. The van der Waals surface area contributed by atoms with Crippen molar-refractivity contribution in [1.29, 1.82) is 0 Å². The number of ether oxygens (including phenoxy) is 5. The highest BCUT2D eigenvalue weighted by Gasteiger charge is 2.51. The molecule has 13 nitrogen and oxygen atoms in total. The van der Waals surface area contributed by atoms with Gasteiger partial charge in [0.1, 0.15) is 29.6 Å². The number of fused-ring (bicyclic) bond motifs is 5. The molecule has 1 amide bonds. The maximum atomic E-state index is 13.8. The number of alkyl carbamates (subject to hydrolysis) is 1. The van der Waals surface area contributed by atoms with Gasteiger partial charge in [0.25, 0.3) is 5.56 Å². The van der Waals surface area contributed by atoms with Gasteiger partial charge >= 0.3 is 24.2 Å². The number of carbonyl (C=O) groups is 4. The lowest BCUT2D eigenvalue weighted by Gasteiger charge is -2.36. The van der Waals surface area contributed by atoms with Gasteiger partial charge in [-0.2, -0.15) is 0 Å². The van der Waals surface area contributed by atoms with Gasteiger partial charge in [-0.05, 0) is 85.2 Å². The Bertz CT molecular complexity index is 1830. The molecule has 0 saturated carbocycles. The van der Waals surface area contributed by atoms with Gasteiger partial charge in [-0.3, -0.25) is 4.79 Å². The minimum Gasteiger partial charge on any atom is -0.457 e. The topological polar surface area (TPSA) is 161 Å². The fraction of sp³-hybridized carbons (Fsp3) is 0.455. The number of pyridine rings is 2. The first-order valence-corrected chi connectivity index (χ1v) is 14.9. The van der Waals surface area contributed by atoms with Crippen molar-refractivity contribution in [2.75, 3.05) is 0 Å². The summed E-state index contributed by atoms with van der Waals surface area (Å²) >= 11 is 0. The van der Waals surface area contributed by atoms with Crippen molar-refractivity contribution in [1.82, 2.24) is 14.9 Å². The third kappa shape index (κ3) is 6.26. The van der Waals surface area contributed by atoms with Gasteiger partial charge < -0.3 is 33.6 Å². The number of aromatic nitrogens is 2. The number of rotatable bonds is 5. The summed E-state index contributed by atoms with van der Waals surface area (Å²) in [6.07, 6.45) is -1.70. The molecular formula is C33H37N3O10.